The van der Waals surface area contributed by atoms with Crippen LogP contribution in [-0.4, -0.2) is 207 Å². The zero-order valence-electron chi connectivity index (χ0n) is 12.1. The molecule has 0 rings (SSSR count). The molecule has 0 fully saturated rings. The first-order valence-corrected chi connectivity index (χ1v) is 0. The lowest BCUT2D eigenvalue weighted by molar-refractivity contribution is 0.823. The largest absolute Gasteiger partial charge is 0.412 e. The maximum Gasteiger partial charge on any atom is 0 e. The third kappa shape index (κ3) is 1580. The second kappa shape index (κ2) is 1730. The van der Waals surface area contributed by atoms with Crippen molar-refractivity contribution in [2.75, 3.05) is 0 Å². The van der Waals surface area contributed by atoms with Crippen molar-refractivity contribution in [3.63, 3.8) is 0 Å². The third-order valence-corrected chi connectivity index (χ3v) is 0. The molecule has 0 aliphatic heterocycles. The number of hydrogen-bond acceptors (Lipinski definition) is 0. The van der Waals surface area contributed by atoms with Gasteiger partial charge in [-0.15, -0.1) is 0 Å². The summed E-state index contributed by atoms with van der Waals surface area (Å²) >= 11 is 0. The molecule has 0 aromatic rings. The third-order valence-electron chi connectivity index (χ3n) is 0. The van der Waals surface area contributed by atoms with Gasteiger partial charge in [0.05, 0.1) is 0 Å². The highest BCUT2D eigenvalue weighted by Gasteiger charge is 0.00730. The van der Waals surface area contributed by atoms with Crippen LogP contribution in [0.4, 0.5) is 0 Å². The molecule has 0 saturated heterocycles. The topological polar surface area (TPSA) is 472 Å². The molecule has 26 radical (unpaired) electrons. The van der Waals surface area contributed by atoms with Crippen LogP contribution in [0.2, 0.25) is 0 Å². The molecule has 0 unspecified atom stereocenters. The van der Waals surface area contributed by atoms with E-state index < -0.39 is 0 Å². The molecule has 0 aromatic heterocycles. The van der Waals surface area contributed by atoms with Gasteiger partial charge >= 0.3 is 0 Å². The van der Waals surface area contributed by atoms with E-state index in [1.54, 1.807) is 0 Å². The Balaban J connectivity index is 0. The number of rotatable bonds is 0. The van der Waals surface area contributed by atoms with Crippen molar-refractivity contribution in [3.05, 3.63) is 0 Å². The van der Waals surface area contributed by atoms with E-state index in [9.17, 15) is 0 Å². The molecule has 0 aromatic carbocycles. The lowest BCUT2D eigenvalue weighted by atomic mass is 16.0. The summed E-state index contributed by atoms with van der Waals surface area (Å²) in [5.41, 5.74) is 0. The van der Waals surface area contributed by atoms with Crippen molar-refractivity contribution in [2.24, 2.45) is 0 Å². The molecule has 0 saturated carbocycles. The summed E-state index contributed by atoms with van der Waals surface area (Å²) in [6.07, 6.45) is 0. The lowest BCUT2D eigenvalue weighted by Gasteiger charge is -0.413. The Labute approximate surface area is 205 Å². The van der Waals surface area contributed by atoms with Crippen LogP contribution in [0.3, 0.4) is 0 Å². The maximum atomic E-state index is 0. The normalized spacial score (nSPS) is 0. The highest BCUT2D eigenvalue weighted by atomic mass is 28.1. The van der Waals surface area contributed by atoms with Gasteiger partial charge in [0, 0.05) is 125 Å². The quantitative estimate of drug-likeness (QED) is 0.288. The fourth-order valence-corrected chi connectivity index (χ4v) is 0. The zero-order valence-corrected chi connectivity index (χ0v) is 21.2. The van der Waals surface area contributed by atoms with Crippen LogP contribution in [-0.2, 0) is 0 Å². The summed E-state index contributed by atoms with van der Waals surface area (Å²) in [4.78, 5) is 0. The standard InChI is InChI=1S/2Al.2Mg.15H2O.4Si/h;;;;15*1H2;;;;. The molecule has 0 bridgehead atoms. The molecule has 0 aliphatic carbocycles. The van der Waals surface area contributed by atoms with E-state index >= 15 is 0 Å². The Morgan fingerprint density at radius 3 is 0.174 bits per heavy atom. The van der Waals surface area contributed by atoms with E-state index in [0.29, 0.717) is 0 Å². The van der Waals surface area contributed by atoms with Crippen LogP contribution < -0.4 is 0 Å². The SMILES string of the molecule is O.O.O.O.O.O.O.O.O.O.O.O.O.O.O.[Al].[Al].[Mg].[Mg].[Si].[Si].[Si].[Si]. The van der Waals surface area contributed by atoms with Crippen molar-refractivity contribution >= 4 is 125 Å². The van der Waals surface area contributed by atoms with Crippen LogP contribution >= 0.6 is 0 Å². The summed E-state index contributed by atoms with van der Waals surface area (Å²) < 4.78 is 0. The summed E-state index contributed by atoms with van der Waals surface area (Å²) in [5.74, 6) is 0. The lowest BCUT2D eigenvalue weighted by Crippen LogP contribution is -0.382. The fourth-order valence-electron chi connectivity index (χ4n) is 0. The Kier molecular flexibility index (Phi) is 146000. The monoisotopic (exact) mass is 484 g/mol. The molecule has 15 nitrogen and oxygen atoms in total. The fraction of sp³-hybridized carbons (Fsp3) is 0. The zero-order chi connectivity index (χ0) is 0. The van der Waals surface area contributed by atoms with Gasteiger partial charge in [0.25, 0.3) is 0 Å². The van der Waals surface area contributed by atoms with Crippen LogP contribution in [0.15, 0.2) is 0 Å². The second-order valence-corrected chi connectivity index (χ2v) is 0. The first kappa shape index (κ1) is 1950. The second-order valence-electron chi connectivity index (χ2n) is 0. The van der Waals surface area contributed by atoms with Crippen LogP contribution in [0.1, 0.15) is 0 Å². The molecule has 0 atom stereocenters. The smallest absolute Gasteiger partial charge is 0 e. The Morgan fingerprint density at radius 2 is 0.174 bits per heavy atom. The molecule has 0 aliphatic rings. The van der Waals surface area contributed by atoms with Gasteiger partial charge in [-0.2, -0.15) is 0 Å². The molecule has 0 heterocycles. The molecular formula is H30Al2Mg2O15Si4. The molecule has 23 heteroatoms. The van der Waals surface area contributed by atoms with E-state index in [1.165, 1.54) is 0 Å². The predicted molar refractivity (Wildman–Crippen MR) is 100 cm³/mol. The van der Waals surface area contributed by atoms with E-state index in [4.69, 9.17) is 0 Å². The predicted octanol–water partition coefficient (Wildman–Crippen LogP) is -15.4. The minimum absolute atomic E-state index is 0. The molecule has 0 amide bonds. The van der Waals surface area contributed by atoms with Gasteiger partial charge in [-0.3, -0.25) is 0 Å². The van der Waals surface area contributed by atoms with Crippen LogP contribution in [0.5, 0.6) is 0 Å². The van der Waals surface area contributed by atoms with Gasteiger partial charge in [-0.1, -0.05) is 0 Å². The van der Waals surface area contributed by atoms with Crippen LogP contribution in [0.25, 0.3) is 0 Å². The van der Waals surface area contributed by atoms with E-state index in [2.05, 4.69) is 0 Å². The van der Waals surface area contributed by atoms with Crippen molar-refractivity contribution in [2.45, 2.75) is 0 Å². The van der Waals surface area contributed by atoms with Crippen molar-refractivity contribution in [1.82, 2.24) is 0 Å². The molecule has 23 heavy (non-hydrogen) atoms. The van der Waals surface area contributed by atoms with E-state index in [0.717, 1.165) is 0 Å². The summed E-state index contributed by atoms with van der Waals surface area (Å²) in [7, 11) is 0. The Bertz CT molecular complexity index is 33.4. The number of hydrogen-bond donors (Lipinski definition) is 0. The summed E-state index contributed by atoms with van der Waals surface area (Å²) in [6.45, 7) is 0. The van der Waals surface area contributed by atoms with Crippen molar-refractivity contribution in [1.29, 1.82) is 0 Å². The van der Waals surface area contributed by atoms with Gasteiger partial charge in [-0.25, -0.2) is 0 Å². The molecule has 30 N–H and O–H groups in total. The van der Waals surface area contributed by atoms with Crippen LogP contribution in [0, 0.1) is 0 Å². The maximum absolute atomic E-state index is 0. The van der Waals surface area contributed by atoms with E-state index in [1.807, 2.05) is 0 Å². The van der Waals surface area contributed by atoms with Gasteiger partial charge in [0.15, 0.2) is 0 Å². The average molecular weight is 485 g/mol. The molecular weight excluding hydrogens is 455 g/mol. The Hall–Kier alpha value is 2.86. The van der Waals surface area contributed by atoms with Gasteiger partial charge in [0.1, 0.15) is 0 Å². The summed E-state index contributed by atoms with van der Waals surface area (Å²) in [6, 6.07) is 0. The van der Waals surface area contributed by atoms with Gasteiger partial charge < -0.3 is 82.1 Å². The minimum Gasteiger partial charge on any atom is -0.412 e. The minimum atomic E-state index is 0. The highest BCUT2D eigenvalue weighted by molar-refractivity contribution is 5.76. The Morgan fingerprint density at radius 1 is 0.174 bits per heavy atom. The summed E-state index contributed by atoms with van der Waals surface area (Å²) in [5, 5.41) is 0. The van der Waals surface area contributed by atoms with Crippen molar-refractivity contribution < 1.29 is 82.1 Å². The van der Waals surface area contributed by atoms with Gasteiger partial charge in [0.2, 0.25) is 0 Å². The molecule has 0 spiro atoms. The molecule has 146 valence electrons. The van der Waals surface area contributed by atoms with Crippen molar-refractivity contribution in [3.8, 4) is 0 Å². The average Bonchev–Trinajstić information content (AvgIpc) is 0. The highest BCUT2D eigenvalue weighted by Crippen LogP contribution is -0.274. The first-order chi connectivity index (χ1) is 0. The first-order valence-electron chi connectivity index (χ1n) is 0. The van der Waals surface area contributed by atoms with Gasteiger partial charge in [-0.05, 0) is 0 Å². The van der Waals surface area contributed by atoms with E-state index in [-0.39, 0.29) is 207 Å².